The van der Waals surface area contributed by atoms with Gasteiger partial charge in [0.1, 0.15) is 11.5 Å². The smallest absolute Gasteiger partial charge is 0.275 e. The van der Waals surface area contributed by atoms with Crippen LogP contribution in [-0.4, -0.2) is 20.6 Å². The van der Waals surface area contributed by atoms with Crippen LogP contribution in [0, 0.1) is 36.8 Å². The van der Waals surface area contributed by atoms with Gasteiger partial charge in [-0.05, 0) is 38.5 Å². The lowest BCUT2D eigenvalue weighted by Crippen LogP contribution is -2.25. The van der Waals surface area contributed by atoms with Crippen LogP contribution in [-0.2, 0) is 11.3 Å². The maximum absolute atomic E-state index is 12.7. The number of aryl methyl sites for hydroxylation is 2. The van der Waals surface area contributed by atoms with Crippen molar-refractivity contribution in [1.29, 1.82) is 0 Å². The molecule has 1 N–H and O–H groups in total. The number of anilines is 1. The molecular formula is C22H23ClN4O4. The largest absolute Gasteiger partial charge is 0.457 e. The first-order valence-electron chi connectivity index (χ1n) is 9.68. The zero-order valence-electron chi connectivity index (χ0n) is 17.7. The predicted molar refractivity (Wildman–Crippen MR) is 119 cm³/mol. The van der Waals surface area contributed by atoms with Gasteiger partial charge in [-0.25, -0.2) is 0 Å². The fraction of sp³-hybridized carbons (Fsp3) is 0.273. The number of nitrogens with zero attached hydrogens (tertiary/aromatic N) is 3. The van der Waals surface area contributed by atoms with E-state index >= 15 is 0 Å². The van der Waals surface area contributed by atoms with E-state index in [-0.39, 0.29) is 23.0 Å². The highest BCUT2D eigenvalue weighted by molar-refractivity contribution is 6.31. The van der Waals surface area contributed by atoms with Crippen LogP contribution in [0.2, 0.25) is 5.02 Å². The number of rotatable bonds is 7. The molecule has 0 spiro atoms. The molecule has 3 rings (SSSR count). The number of carbonyl (C=O) groups is 1. The lowest BCUT2D eigenvalue weighted by molar-refractivity contribution is -0.384. The molecule has 1 atom stereocenters. The number of halogens is 1. The number of aromatic nitrogens is 2. The van der Waals surface area contributed by atoms with Crippen LogP contribution in [0.3, 0.4) is 0 Å². The maximum Gasteiger partial charge on any atom is 0.275 e. The Labute approximate surface area is 184 Å². The van der Waals surface area contributed by atoms with Gasteiger partial charge in [0, 0.05) is 12.1 Å². The van der Waals surface area contributed by atoms with Gasteiger partial charge in [-0.15, -0.1) is 0 Å². The fourth-order valence-corrected chi connectivity index (χ4v) is 3.23. The standard InChI is InChI=1S/C22H23ClN4O4/c1-13-6-5-7-19(8-13)31-20-10-17(9-18(11-20)27(29)30)24-22(28)14(2)12-26-16(4)21(23)15(3)25-26/h5-11,14H,12H2,1-4H3,(H,24,28). The van der Waals surface area contributed by atoms with Gasteiger partial charge in [0.25, 0.3) is 5.69 Å². The number of non-ortho nitro benzene ring substituents is 1. The molecule has 8 nitrogen and oxygen atoms in total. The lowest BCUT2D eigenvalue weighted by atomic mass is 10.1. The average molecular weight is 443 g/mol. The third-order valence-electron chi connectivity index (χ3n) is 4.78. The van der Waals surface area contributed by atoms with Crippen molar-refractivity contribution in [3.8, 4) is 11.5 Å². The Hall–Kier alpha value is -3.39. The van der Waals surface area contributed by atoms with Crippen molar-refractivity contribution in [3.63, 3.8) is 0 Å². The van der Waals surface area contributed by atoms with E-state index in [1.807, 2.05) is 32.0 Å². The maximum atomic E-state index is 12.7. The normalized spacial score (nSPS) is 11.8. The van der Waals surface area contributed by atoms with Gasteiger partial charge in [-0.3, -0.25) is 19.6 Å². The summed E-state index contributed by atoms with van der Waals surface area (Å²) in [7, 11) is 0. The van der Waals surface area contributed by atoms with Crippen LogP contribution < -0.4 is 10.1 Å². The molecule has 0 fully saturated rings. The summed E-state index contributed by atoms with van der Waals surface area (Å²) in [6.45, 7) is 7.63. The average Bonchev–Trinajstić information content (AvgIpc) is 2.94. The van der Waals surface area contributed by atoms with Crippen LogP contribution >= 0.6 is 11.6 Å². The molecule has 0 saturated carbocycles. The zero-order chi connectivity index (χ0) is 22.7. The van der Waals surface area contributed by atoms with Crippen molar-refractivity contribution in [3.05, 3.63) is 74.6 Å². The van der Waals surface area contributed by atoms with Crippen molar-refractivity contribution in [2.24, 2.45) is 5.92 Å². The highest BCUT2D eigenvalue weighted by Gasteiger charge is 2.19. The molecular weight excluding hydrogens is 420 g/mol. The van der Waals surface area contributed by atoms with Crippen molar-refractivity contribution < 1.29 is 14.5 Å². The Morgan fingerprint density at radius 2 is 1.97 bits per heavy atom. The summed E-state index contributed by atoms with van der Waals surface area (Å²) in [5, 5.41) is 19.0. The van der Waals surface area contributed by atoms with E-state index < -0.39 is 10.8 Å². The molecule has 0 aliphatic carbocycles. The molecule has 162 valence electrons. The van der Waals surface area contributed by atoms with Gasteiger partial charge in [0.05, 0.1) is 45.6 Å². The van der Waals surface area contributed by atoms with Crippen LogP contribution in [0.5, 0.6) is 11.5 Å². The molecule has 1 amide bonds. The molecule has 0 aliphatic rings. The number of nitro benzene ring substituents is 1. The number of ether oxygens (including phenoxy) is 1. The second-order valence-corrected chi connectivity index (χ2v) is 7.83. The first kappa shape index (κ1) is 22.3. The Bertz CT molecular complexity index is 1140. The first-order chi connectivity index (χ1) is 14.6. The number of amides is 1. The fourth-order valence-electron chi connectivity index (χ4n) is 3.10. The summed E-state index contributed by atoms with van der Waals surface area (Å²) >= 11 is 6.17. The number of hydrogen-bond acceptors (Lipinski definition) is 5. The number of carbonyl (C=O) groups excluding carboxylic acids is 1. The van der Waals surface area contributed by atoms with Crippen molar-refractivity contribution in [1.82, 2.24) is 9.78 Å². The lowest BCUT2D eigenvalue weighted by Gasteiger charge is -2.14. The third kappa shape index (κ3) is 5.40. The molecule has 0 saturated heterocycles. The quantitative estimate of drug-likeness (QED) is 0.388. The SMILES string of the molecule is Cc1cccc(Oc2cc(NC(=O)C(C)Cn3nc(C)c(Cl)c3C)cc([N+](=O)[O-])c2)c1. The van der Waals surface area contributed by atoms with E-state index in [9.17, 15) is 14.9 Å². The van der Waals surface area contributed by atoms with Gasteiger partial charge in [0.15, 0.2) is 0 Å². The van der Waals surface area contributed by atoms with Gasteiger partial charge in [-0.2, -0.15) is 5.10 Å². The third-order valence-corrected chi connectivity index (χ3v) is 5.33. The summed E-state index contributed by atoms with van der Waals surface area (Å²) in [6.07, 6.45) is 0. The zero-order valence-corrected chi connectivity index (χ0v) is 18.4. The minimum atomic E-state index is -0.528. The second kappa shape index (κ2) is 9.18. The van der Waals surface area contributed by atoms with Gasteiger partial charge in [-0.1, -0.05) is 30.7 Å². The van der Waals surface area contributed by atoms with Gasteiger partial charge >= 0.3 is 0 Å². The Kier molecular flexibility index (Phi) is 6.60. The van der Waals surface area contributed by atoms with E-state index in [1.165, 1.54) is 12.1 Å². The van der Waals surface area contributed by atoms with Crippen LogP contribution in [0.1, 0.15) is 23.9 Å². The number of hydrogen-bond donors (Lipinski definition) is 1. The van der Waals surface area contributed by atoms with E-state index in [0.29, 0.717) is 23.0 Å². The summed E-state index contributed by atoms with van der Waals surface area (Å²) in [4.78, 5) is 23.5. The summed E-state index contributed by atoms with van der Waals surface area (Å²) < 4.78 is 7.46. The van der Waals surface area contributed by atoms with Crippen LogP contribution in [0.25, 0.3) is 0 Å². The molecule has 0 radical (unpaired) electrons. The summed E-state index contributed by atoms with van der Waals surface area (Å²) in [5.74, 6) is 0.0563. The Balaban J connectivity index is 1.79. The van der Waals surface area contributed by atoms with E-state index in [2.05, 4.69) is 10.4 Å². The summed E-state index contributed by atoms with van der Waals surface area (Å²) in [6, 6.07) is 11.5. The molecule has 1 unspecified atom stereocenters. The monoisotopic (exact) mass is 442 g/mol. The van der Waals surface area contributed by atoms with Crippen molar-refractivity contribution in [2.45, 2.75) is 34.2 Å². The highest BCUT2D eigenvalue weighted by atomic mass is 35.5. The molecule has 0 aliphatic heterocycles. The summed E-state index contributed by atoms with van der Waals surface area (Å²) in [5.41, 5.74) is 2.57. The van der Waals surface area contributed by atoms with E-state index in [1.54, 1.807) is 30.7 Å². The van der Waals surface area contributed by atoms with Gasteiger partial charge < -0.3 is 10.1 Å². The molecule has 31 heavy (non-hydrogen) atoms. The molecule has 1 heterocycles. The first-order valence-corrected chi connectivity index (χ1v) is 10.1. The van der Waals surface area contributed by atoms with E-state index in [4.69, 9.17) is 16.3 Å². The molecule has 9 heteroatoms. The van der Waals surface area contributed by atoms with E-state index in [0.717, 1.165) is 11.3 Å². The highest BCUT2D eigenvalue weighted by Crippen LogP contribution is 2.30. The van der Waals surface area contributed by atoms with Crippen molar-refractivity contribution >= 4 is 28.9 Å². The Morgan fingerprint density at radius 1 is 1.23 bits per heavy atom. The molecule has 0 bridgehead atoms. The topological polar surface area (TPSA) is 99.3 Å². The molecule has 2 aromatic carbocycles. The minimum Gasteiger partial charge on any atom is -0.457 e. The van der Waals surface area contributed by atoms with Crippen LogP contribution in [0.4, 0.5) is 11.4 Å². The molecule has 3 aromatic rings. The second-order valence-electron chi connectivity index (χ2n) is 7.45. The van der Waals surface area contributed by atoms with Gasteiger partial charge in [0.2, 0.25) is 5.91 Å². The van der Waals surface area contributed by atoms with Crippen LogP contribution in [0.15, 0.2) is 42.5 Å². The minimum absolute atomic E-state index is 0.182. The molecule has 1 aromatic heterocycles. The predicted octanol–water partition coefficient (Wildman–Crippen LogP) is 5.44. The number of benzene rings is 2. The number of nitro groups is 1. The number of nitrogens with one attached hydrogen (secondary N) is 1. The Morgan fingerprint density at radius 3 is 2.58 bits per heavy atom. The van der Waals surface area contributed by atoms with Crippen molar-refractivity contribution in [2.75, 3.05) is 5.32 Å².